The van der Waals surface area contributed by atoms with Crippen LogP contribution in [0.25, 0.3) is 0 Å². The number of amides is 2. The molecule has 6 nitrogen and oxygen atoms in total. The molecule has 0 aromatic rings. The van der Waals surface area contributed by atoms with E-state index in [9.17, 15) is 14.7 Å². The second-order valence-corrected chi connectivity index (χ2v) is 6.85. The normalized spacial score (nSPS) is 32.1. The van der Waals surface area contributed by atoms with Gasteiger partial charge in [-0.25, -0.2) is 0 Å². The minimum absolute atomic E-state index is 0.0341. The topological polar surface area (TPSA) is 87.7 Å². The molecule has 1 heterocycles. The van der Waals surface area contributed by atoms with E-state index in [0.29, 0.717) is 12.5 Å². The number of nitrogens with one attached hydrogen (secondary N) is 2. The van der Waals surface area contributed by atoms with Crippen LogP contribution in [0.1, 0.15) is 51.4 Å². The van der Waals surface area contributed by atoms with Crippen molar-refractivity contribution in [1.82, 2.24) is 10.6 Å². The minimum atomic E-state index is -0.405. The Kier molecular flexibility index (Phi) is 4.98. The Balaban J connectivity index is 1.43. The molecule has 3 atom stereocenters. The Morgan fingerprint density at radius 3 is 2.41 bits per heavy atom. The quantitative estimate of drug-likeness (QED) is 0.666. The summed E-state index contributed by atoms with van der Waals surface area (Å²) in [6.07, 6.45) is 6.55. The molecule has 2 aliphatic carbocycles. The van der Waals surface area contributed by atoms with E-state index in [1.165, 1.54) is 6.42 Å². The van der Waals surface area contributed by atoms with Crippen LogP contribution in [-0.4, -0.2) is 47.8 Å². The number of ether oxygens (including phenoxy) is 1. The highest BCUT2D eigenvalue weighted by Crippen LogP contribution is 2.30. The highest BCUT2D eigenvalue weighted by molar-refractivity contribution is 5.81. The fraction of sp³-hybridized carbons (Fsp3) is 0.875. The van der Waals surface area contributed by atoms with Gasteiger partial charge < -0.3 is 20.5 Å². The van der Waals surface area contributed by atoms with E-state index in [4.69, 9.17) is 4.74 Å². The molecule has 0 unspecified atom stereocenters. The molecule has 22 heavy (non-hydrogen) atoms. The van der Waals surface area contributed by atoms with Crippen LogP contribution in [0, 0.1) is 5.92 Å². The van der Waals surface area contributed by atoms with Crippen molar-refractivity contribution in [3.8, 4) is 0 Å². The van der Waals surface area contributed by atoms with Crippen molar-refractivity contribution in [3.63, 3.8) is 0 Å². The largest absolute Gasteiger partial charge is 0.394 e. The van der Waals surface area contributed by atoms with Crippen LogP contribution in [0.4, 0.5) is 0 Å². The third-order valence-corrected chi connectivity index (χ3v) is 4.95. The summed E-state index contributed by atoms with van der Waals surface area (Å²) >= 11 is 0. The number of hydrogen-bond donors (Lipinski definition) is 3. The molecule has 3 N–H and O–H groups in total. The van der Waals surface area contributed by atoms with Crippen molar-refractivity contribution >= 4 is 11.8 Å². The first-order valence-electron chi connectivity index (χ1n) is 8.51. The maximum absolute atomic E-state index is 11.9. The number of rotatable bonds is 6. The molecule has 0 aromatic heterocycles. The molecule has 0 bridgehead atoms. The number of carbonyl (C=O) groups excluding carboxylic acids is 2. The Bertz CT molecular complexity index is 420. The summed E-state index contributed by atoms with van der Waals surface area (Å²) in [4.78, 5) is 23.8. The van der Waals surface area contributed by atoms with Crippen LogP contribution < -0.4 is 10.6 Å². The van der Waals surface area contributed by atoms with Gasteiger partial charge in [-0.3, -0.25) is 9.59 Å². The van der Waals surface area contributed by atoms with E-state index < -0.39 is 6.10 Å². The molecule has 6 heteroatoms. The lowest BCUT2D eigenvalue weighted by atomic mass is 9.92. The molecular formula is C16H26N2O4. The summed E-state index contributed by atoms with van der Waals surface area (Å²) in [5.41, 5.74) is 0. The lowest BCUT2D eigenvalue weighted by Crippen LogP contribution is -2.52. The molecule has 0 aromatic carbocycles. The van der Waals surface area contributed by atoms with Crippen molar-refractivity contribution in [2.24, 2.45) is 5.92 Å². The van der Waals surface area contributed by atoms with Gasteiger partial charge in [0.05, 0.1) is 25.2 Å². The summed E-state index contributed by atoms with van der Waals surface area (Å²) in [5, 5.41) is 15.5. The fourth-order valence-electron chi connectivity index (χ4n) is 3.14. The monoisotopic (exact) mass is 310 g/mol. The van der Waals surface area contributed by atoms with Gasteiger partial charge in [0.15, 0.2) is 0 Å². The van der Waals surface area contributed by atoms with Crippen LogP contribution in [-0.2, 0) is 14.3 Å². The van der Waals surface area contributed by atoms with Crippen molar-refractivity contribution in [2.75, 3.05) is 6.61 Å². The molecule has 124 valence electrons. The summed E-state index contributed by atoms with van der Waals surface area (Å²) < 4.78 is 5.83. The SMILES string of the molecule is O=C(C[C@@H]1CC[C@H](NC(=O)C2CC2)[C@H](CO)O1)NC1CCC1. The third-order valence-electron chi connectivity index (χ3n) is 4.95. The average Bonchev–Trinajstić information content (AvgIpc) is 3.29. The zero-order valence-electron chi connectivity index (χ0n) is 12.9. The second kappa shape index (κ2) is 6.96. The predicted molar refractivity (Wildman–Crippen MR) is 80.0 cm³/mol. The molecule has 1 saturated heterocycles. The van der Waals surface area contributed by atoms with Crippen LogP contribution in [0.3, 0.4) is 0 Å². The summed E-state index contributed by atoms with van der Waals surface area (Å²) in [7, 11) is 0. The lowest BCUT2D eigenvalue weighted by molar-refractivity contribution is -0.137. The summed E-state index contributed by atoms with van der Waals surface area (Å²) in [5.74, 6) is 0.269. The third kappa shape index (κ3) is 3.98. The molecule has 2 saturated carbocycles. The van der Waals surface area contributed by atoms with Gasteiger partial charge in [-0.15, -0.1) is 0 Å². The molecule has 2 amide bonds. The zero-order chi connectivity index (χ0) is 15.5. The number of hydrogen-bond acceptors (Lipinski definition) is 4. The van der Waals surface area contributed by atoms with Gasteiger partial charge in [-0.1, -0.05) is 0 Å². The molecule has 3 aliphatic rings. The second-order valence-electron chi connectivity index (χ2n) is 6.85. The van der Waals surface area contributed by atoms with Gasteiger partial charge in [0.1, 0.15) is 6.10 Å². The molecule has 1 aliphatic heterocycles. The first kappa shape index (κ1) is 15.7. The van der Waals surface area contributed by atoms with Gasteiger partial charge in [0.25, 0.3) is 0 Å². The highest BCUT2D eigenvalue weighted by atomic mass is 16.5. The first-order chi connectivity index (χ1) is 10.7. The van der Waals surface area contributed by atoms with Crippen molar-refractivity contribution < 1.29 is 19.4 Å². The van der Waals surface area contributed by atoms with Crippen molar-refractivity contribution in [1.29, 1.82) is 0 Å². The molecule has 0 spiro atoms. The van der Waals surface area contributed by atoms with E-state index in [-0.39, 0.29) is 36.5 Å². The van der Waals surface area contributed by atoms with E-state index in [0.717, 1.165) is 38.5 Å². The van der Waals surface area contributed by atoms with E-state index in [1.54, 1.807) is 0 Å². The van der Waals surface area contributed by atoms with E-state index in [1.807, 2.05) is 0 Å². The van der Waals surface area contributed by atoms with Gasteiger partial charge in [-0.2, -0.15) is 0 Å². The van der Waals surface area contributed by atoms with Crippen LogP contribution >= 0.6 is 0 Å². The summed E-state index contributed by atoms with van der Waals surface area (Å²) in [6, 6.07) is 0.208. The minimum Gasteiger partial charge on any atom is -0.394 e. The molecule has 3 rings (SSSR count). The van der Waals surface area contributed by atoms with E-state index in [2.05, 4.69) is 10.6 Å². The van der Waals surface area contributed by atoms with Crippen molar-refractivity contribution in [2.45, 2.75) is 75.7 Å². The van der Waals surface area contributed by atoms with Gasteiger partial charge in [0, 0.05) is 12.0 Å². The Labute approximate surface area is 131 Å². The smallest absolute Gasteiger partial charge is 0.223 e. The van der Waals surface area contributed by atoms with Crippen LogP contribution in [0.2, 0.25) is 0 Å². The zero-order valence-corrected chi connectivity index (χ0v) is 12.9. The molecule has 3 fully saturated rings. The van der Waals surface area contributed by atoms with Gasteiger partial charge in [0.2, 0.25) is 11.8 Å². The predicted octanol–water partition coefficient (Wildman–Crippen LogP) is 0.480. The first-order valence-corrected chi connectivity index (χ1v) is 8.51. The highest BCUT2D eigenvalue weighted by Gasteiger charge is 2.36. The van der Waals surface area contributed by atoms with Gasteiger partial charge in [-0.05, 0) is 44.9 Å². The lowest BCUT2D eigenvalue weighted by Gasteiger charge is -2.36. The standard InChI is InChI=1S/C16H26N2O4/c19-9-14-13(18-16(21)10-4-5-10)7-6-12(22-14)8-15(20)17-11-2-1-3-11/h10-14,19H,1-9H2,(H,17,20)(H,18,21)/t12-,13-,14-/m0/s1. The Morgan fingerprint density at radius 1 is 1.05 bits per heavy atom. The summed E-state index contributed by atoms with van der Waals surface area (Å²) in [6.45, 7) is -0.129. The number of carbonyl (C=O) groups is 2. The Hall–Kier alpha value is -1.14. The number of aliphatic hydroxyl groups excluding tert-OH is 1. The maximum Gasteiger partial charge on any atom is 0.223 e. The van der Waals surface area contributed by atoms with Crippen molar-refractivity contribution in [3.05, 3.63) is 0 Å². The molecular weight excluding hydrogens is 284 g/mol. The molecule has 0 radical (unpaired) electrons. The fourth-order valence-corrected chi connectivity index (χ4v) is 3.14. The Morgan fingerprint density at radius 2 is 1.82 bits per heavy atom. The average molecular weight is 310 g/mol. The number of aliphatic hydroxyl groups is 1. The van der Waals surface area contributed by atoms with Crippen LogP contribution in [0.15, 0.2) is 0 Å². The van der Waals surface area contributed by atoms with Crippen LogP contribution in [0.5, 0.6) is 0 Å². The maximum atomic E-state index is 11.9. The van der Waals surface area contributed by atoms with Gasteiger partial charge >= 0.3 is 0 Å². The van der Waals surface area contributed by atoms with E-state index >= 15 is 0 Å².